The second kappa shape index (κ2) is 11.2. The second-order valence-corrected chi connectivity index (χ2v) is 8.59. The highest BCUT2D eigenvalue weighted by Crippen LogP contribution is 2.37. The van der Waals surface area contributed by atoms with Gasteiger partial charge >= 0.3 is 0 Å². The van der Waals surface area contributed by atoms with Crippen LogP contribution in [0.1, 0.15) is 23.0 Å². The van der Waals surface area contributed by atoms with E-state index >= 15 is 0 Å². The van der Waals surface area contributed by atoms with Crippen LogP contribution in [0.15, 0.2) is 61.2 Å². The maximum absolute atomic E-state index is 13.2. The molecule has 0 atom stereocenters. The third kappa shape index (κ3) is 5.27. The average molecular weight is 542 g/mol. The van der Waals surface area contributed by atoms with E-state index in [1.165, 1.54) is 17.1 Å². The first kappa shape index (κ1) is 26.2. The van der Waals surface area contributed by atoms with Gasteiger partial charge in [0, 0.05) is 23.3 Å². The number of nitrogens with two attached hydrogens (primary N) is 1. The highest BCUT2D eigenvalue weighted by atomic mass is 16.5. The van der Waals surface area contributed by atoms with E-state index < -0.39 is 5.91 Å². The molecule has 12 nitrogen and oxygen atoms in total. The Morgan fingerprint density at radius 3 is 2.40 bits per heavy atom. The molecule has 12 heteroatoms. The summed E-state index contributed by atoms with van der Waals surface area (Å²) in [5.74, 6) is 2.39. The van der Waals surface area contributed by atoms with Crippen LogP contribution in [0.3, 0.4) is 0 Å². The lowest BCUT2D eigenvalue weighted by molar-refractivity contribution is 0.101. The Morgan fingerprint density at radius 1 is 0.950 bits per heavy atom. The van der Waals surface area contributed by atoms with Gasteiger partial charge < -0.3 is 30.0 Å². The molecule has 2 aromatic carbocycles. The van der Waals surface area contributed by atoms with Crippen molar-refractivity contribution in [3.8, 4) is 34.4 Å². The van der Waals surface area contributed by atoms with Crippen LogP contribution in [-0.2, 0) is 0 Å². The number of benzene rings is 2. The molecule has 5 aromatic rings. The highest BCUT2D eigenvalue weighted by molar-refractivity contribution is 6.04. The maximum atomic E-state index is 13.2. The summed E-state index contributed by atoms with van der Waals surface area (Å²) in [7, 11) is 3.15. The van der Waals surface area contributed by atoms with Gasteiger partial charge in [-0.25, -0.2) is 14.6 Å². The van der Waals surface area contributed by atoms with Gasteiger partial charge in [0.2, 0.25) is 5.95 Å². The number of ether oxygens (including phenoxy) is 4. The quantitative estimate of drug-likeness (QED) is 0.272. The fraction of sp³-hybridized carbons (Fsp3) is 0.179. The van der Waals surface area contributed by atoms with Crippen molar-refractivity contribution >= 4 is 28.4 Å². The van der Waals surface area contributed by atoms with Gasteiger partial charge in [-0.3, -0.25) is 9.78 Å². The lowest BCUT2D eigenvalue weighted by Crippen LogP contribution is -2.14. The van der Waals surface area contributed by atoms with Crippen molar-refractivity contribution < 1.29 is 23.7 Å². The van der Waals surface area contributed by atoms with Crippen LogP contribution in [0.5, 0.6) is 28.7 Å². The van der Waals surface area contributed by atoms with Gasteiger partial charge in [-0.2, -0.15) is 5.10 Å². The molecule has 3 aromatic heterocycles. The van der Waals surface area contributed by atoms with E-state index in [-0.39, 0.29) is 11.6 Å². The summed E-state index contributed by atoms with van der Waals surface area (Å²) in [6.07, 6.45) is 6.28. The fourth-order valence-electron chi connectivity index (χ4n) is 4.05. The standard InChI is InChI=1S/C28H27N7O5/c1-5-39-25-15-35(18-13-31-28(29)32-14-18)34-26(25)27(36)33-17-6-7-21(16(2)10-17)40-22-8-9-30-20-12-24(38-4)23(37-3)11-19(20)22/h6-15H,5H2,1-4H3,(H,33,36)(H2,29,31,32). The number of aromatic nitrogens is 5. The molecule has 0 aliphatic rings. The Morgan fingerprint density at radius 2 is 1.70 bits per heavy atom. The first-order chi connectivity index (χ1) is 19.4. The monoisotopic (exact) mass is 541 g/mol. The zero-order valence-corrected chi connectivity index (χ0v) is 22.3. The Hall–Kier alpha value is -5.39. The number of nitrogens with one attached hydrogen (secondary N) is 1. The lowest BCUT2D eigenvalue weighted by Gasteiger charge is -2.14. The van der Waals surface area contributed by atoms with Crippen molar-refractivity contribution in [3.63, 3.8) is 0 Å². The van der Waals surface area contributed by atoms with Crippen LogP contribution in [-0.4, -0.2) is 51.5 Å². The number of methoxy groups -OCH3 is 2. The Kier molecular flexibility index (Phi) is 7.31. The summed E-state index contributed by atoms with van der Waals surface area (Å²) in [6.45, 7) is 4.07. The zero-order chi connectivity index (χ0) is 28.2. The fourth-order valence-corrected chi connectivity index (χ4v) is 4.05. The van der Waals surface area contributed by atoms with Gasteiger partial charge in [-0.05, 0) is 49.7 Å². The smallest absolute Gasteiger partial charge is 0.280 e. The molecule has 0 saturated carbocycles. The minimum atomic E-state index is -0.437. The Bertz CT molecular complexity index is 1690. The molecular formula is C28H27N7O5. The van der Waals surface area contributed by atoms with Crippen LogP contribution in [0.4, 0.5) is 11.6 Å². The minimum absolute atomic E-state index is 0.115. The number of anilines is 2. The van der Waals surface area contributed by atoms with Crippen LogP contribution in [0, 0.1) is 6.92 Å². The summed E-state index contributed by atoms with van der Waals surface area (Å²) < 4.78 is 24.2. The number of carbonyl (C=O) groups excluding carboxylic acids is 1. The number of rotatable bonds is 9. The molecule has 0 aliphatic heterocycles. The number of nitrogen functional groups attached to an aromatic ring is 1. The third-order valence-corrected chi connectivity index (χ3v) is 5.98. The van der Waals surface area contributed by atoms with Crippen LogP contribution in [0.25, 0.3) is 16.6 Å². The normalized spacial score (nSPS) is 10.8. The third-order valence-electron chi connectivity index (χ3n) is 5.98. The molecule has 1 amide bonds. The largest absolute Gasteiger partial charge is 0.493 e. The molecule has 3 heterocycles. The summed E-state index contributed by atoms with van der Waals surface area (Å²) in [4.78, 5) is 25.5. The molecule has 0 bridgehead atoms. The molecule has 5 rings (SSSR count). The Balaban J connectivity index is 1.38. The maximum Gasteiger partial charge on any atom is 0.280 e. The van der Waals surface area contributed by atoms with Gasteiger partial charge in [-0.15, -0.1) is 0 Å². The molecule has 0 saturated heterocycles. The van der Waals surface area contributed by atoms with Crippen LogP contribution >= 0.6 is 0 Å². The molecule has 0 unspecified atom stereocenters. The van der Waals surface area contributed by atoms with Crippen molar-refractivity contribution in [1.29, 1.82) is 0 Å². The van der Waals surface area contributed by atoms with E-state index in [0.717, 1.165) is 10.9 Å². The predicted molar refractivity (Wildman–Crippen MR) is 149 cm³/mol. The predicted octanol–water partition coefficient (Wildman–Crippen LogP) is 4.56. The highest BCUT2D eigenvalue weighted by Gasteiger charge is 2.20. The average Bonchev–Trinajstić information content (AvgIpc) is 3.38. The number of amides is 1. The number of nitrogens with zero attached hydrogens (tertiary/aromatic N) is 5. The van der Waals surface area contributed by atoms with E-state index in [9.17, 15) is 4.79 Å². The van der Waals surface area contributed by atoms with Crippen LogP contribution < -0.4 is 30.0 Å². The summed E-state index contributed by atoms with van der Waals surface area (Å²) in [5, 5.41) is 8.03. The number of aryl methyl sites for hydroxylation is 1. The van der Waals surface area contributed by atoms with Gasteiger partial charge in [-0.1, -0.05) is 0 Å². The SMILES string of the molecule is CCOc1cn(-c2cnc(N)nc2)nc1C(=O)Nc1ccc(Oc2ccnc3cc(OC)c(OC)cc23)c(C)c1. The molecule has 0 aliphatic carbocycles. The molecule has 40 heavy (non-hydrogen) atoms. The van der Waals surface area contributed by atoms with Crippen LogP contribution in [0.2, 0.25) is 0 Å². The van der Waals surface area contributed by atoms with Gasteiger partial charge in [0.1, 0.15) is 17.2 Å². The number of carbonyl (C=O) groups is 1. The zero-order valence-electron chi connectivity index (χ0n) is 22.3. The molecule has 0 spiro atoms. The van der Waals surface area contributed by atoms with Gasteiger partial charge in [0.05, 0.1) is 44.9 Å². The summed E-state index contributed by atoms with van der Waals surface area (Å²) in [5.41, 5.74) is 8.29. The van der Waals surface area contributed by atoms with Crippen molar-refractivity contribution in [2.24, 2.45) is 0 Å². The van der Waals surface area contributed by atoms with E-state index in [0.29, 0.717) is 52.2 Å². The minimum Gasteiger partial charge on any atom is -0.493 e. The topological polar surface area (TPSA) is 149 Å². The van der Waals surface area contributed by atoms with Crippen molar-refractivity contribution in [1.82, 2.24) is 24.7 Å². The summed E-state index contributed by atoms with van der Waals surface area (Å²) in [6, 6.07) is 10.7. The summed E-state index contributed by atoms with van der Waals surface area (Å²) >= 11 is 0. The lowest BCUT2D eigenvalue weighted by atomic mass is 10.1. The van der Waals surface area contributed by atoms with Crippen molar-refractivity contribution in [2.45, 2.75) is 13.8 Å². The second-order valence-electron chi connectivity index (χ2n) is 8.59. The first-order valence-corrected chi connectivity index (χ1v) is 12.3. The Labute approximate surface area is 229 Å². The molecular weight excluding hydrogens is 514 g/mol. The molecule has 3 N–H and O–H groups in total. The van der Waals surface area contributed by atoms with E-state index in [1.807, 2.05) is 26.0 Å². The molecule has 204 valence electrons. The number of hydrogen-bond acceptors (Lipinski definition) is 10. The van der Waals surface area contributed by atoms with E-state index in [4.69, 9.17) is 24.7 Å². The first-order valence-electron chi connectivity index (χ1n) is 12.3. The number of pyridine rings is 1. The molecule has 0 radical (unpaired) electrons. The molecule has 0 fully saturated rings. The van der Waals surface area contributed by atoms with Crippen molar-refractivity contribution in [3.05, 3.63) is 72.4 Å². The number of hydrogen-bond donors (Lipinski definition) is 2. The van der Waals surface area contributed by atoms with Crippen molar-refractivity contribution in [2.75, 3.05) is 31.9 Å². The van der Waals surface area contributed by atoms with Gasteiger partial charge in [0.25, 0.3) is 5.91 Å². The number of fused-ring (bicyclic) bond motifs is 1. The van der Waals surface area contributed by atoms with E-state index in [2.05, 4.69) is 25.4 Å². The van der Waals surface area contributed by atoms with E-state index in [1.54, 1.807) is 50.9 Å². The van der Waals surface area contributed by atoms with Gasteiger partial charge in [0.15, 0.2) is 22.9 Å².